The fraction of sp³-hybridized carbons (Fsp3) is 0.133. The Kier molecular flexibility index (Phi) is 4.15. The second-order valence-corrected chi connectivity index (χ2v) is 4.72. The molecule has 102 valence electrons. The molecule has 2 aromatic rings. The maximum absolute atomic E-state index is 12.3. The van der Waals surface area contributed by atoms with Gasteiger partial charge < -0.3 is 5.32 Å². The van der Waals surface area contributed by atoms with Crippen molar-refractivity contribution in [2.45, 2.75) is 13.8 Å². The van der Waals surface area contributed by atoms with Gasteiger partial charge in [0.1, 0.15) is 5.82 Å². The Morgan fingerprint density at radius 3 is 2.50 bits per heavy atom. The lowest BCUT2D eigenvalue weighted by Gasteiger charge is -2.10. The van der Waals surface area contributed by atoms with E-state index in [1.807, 2.05) is 26.0 Å². The summed E-state index contributed by atoms with van der Waals surface area (Å²) in [5.41, 5.74) is 2.63. The number of halogens is 1. The first-order valence-electron chi connectivity index (χ1n) is 6.03. The van der Waals surface area contributed by atoms with Crippen LogP contribution in [0.5, 0.6) is 0 Å². The number of pyridine rings is 1. The number of anilines is 1. The predicted octanol–water partition coefficient (Wildman–Crippen LogP) is 3.33. The molecule has 0 aliphatic rings. The number of carbonyl (C=O) groups excluding carboxylic acids is 2. The van der Waals surface area contributed by atoms with Crippen LogP contribution < -0.4 is 5.32 Å². The monoisotopic (exact) mass is 288 g/mol. The van der Waals surface area contributed by atoms with Gasteiger partial charge >= 0.3 is 0 Å². The van der Waals surface area contributed by atoms with E-state index in [1.54, 1.807) is 12.1 Å². The lowest BCUT2D eigenvalue weighted by Crippen LogP contribution is -2.16. The summed E-state index contributed by atoms with van der Waals surface area (Å²) in [5, 5.41) is 1.96. The molecule has 1 heterocycles. The molecule has 0 spiro atoms. The van der Waals surface area contributed by atoms with Crippen LogP contribution in [0.3, 0.4) is 0 Å². The van der Waals surface area contributed by atoms with Crippen molar-refractivity contribution in [2.24, 2.45) is 0 Å². The van der Waals surface area contributed by atoms with Gasteiger partial charge in [0.25, 0.3) is 11.1 Å². The van der Waals surface area contributed by atoms with E-state index in [0.717, 1.165) is 11.1 Å². The summed E-state index contributed by atoms with van der Waals surface area (Å²) in [6.45, 7) is 3.80. The van der Waals surface area contributed by atoms with Crippen molar-refractivity contribution < 1.29 is 9.59 Å². The van der Waals surface area contributed by atoms with Crippen LogP contribution >= 0.6 is 11.6 Å². The molecule has 20 heavy (non-hydrogen) atoms. The van der Waals surface area contributed by atoms with E-state index in [9.17, 15) is 9.59 Å². The van der Waals surface area contributed by atoms with Gasteiger partial charge in [0.05, 0.1) is 5.56 Å². The fourth-order valence-corrected chi connectivity index (χ4v) is 1.99. The van der Waals surface area contributed by atoms with Gasteiger partial charge in [0.2, 0.25) is 0 Å². The standard InChI is InChI=1S/C15H13ClN2O2/c1-9-5-3-6-11(10(9)2)15(20)18-14-12(13(16)19)7-4-8-17-14/h3-8H,1-2H3,(H,17,18,20). The maximum atomic E-state index is 12.3. The summed E-state index contributed by atoms with van der Waals surface area (Å²) in [5.74, 6) is -0.150. The van der Waals surface area contributed by atoms with E-state index >= 15 is 0 Å². The molecule has 0 aliphatic heterocycles. The molecule has 0 bridgehead atoms. The zero-order valence-electron chi connectivity index (χ0n) is 11.1. The molecule has 0 aliphatic carbocycles. The molecule has 0 radical (unpaired) electrons. The minimum absolute atomic E-state index is 0.165. The van der Waals surface area contributed by atoms with E-state index in [0.29, 0.717) is 5.56 Å². The summed E-state index contributed by atoms with van der Waals surface area (Å²) in [4.78, 5) is 27.5. The van der Waals surface area contributed by atoms with Gasteiger partial charge in [-0.25, -0.2) is 4.98 Å². The van der Waals surface area contributed by atoms with Crippen LogP contribution in [0.4, 0.5) is 5.82 Å². The van der Waals surface area contributed by atoms with Crippen LogP contribution in [-0.4, -0.2) is 16.1 Å². The van der Waals surface area contributed by atoms with Gasteiger partial charge in [0.15, 0.2) is 0 Å². The zero-order chi connectivity index (χ0) is 14.7. The third-order valence-corrected chi connectivity index (χ3v) is 3.30. The Hall–Kier alpha value is -2.20. The summed E-state index contributed by atoms with van der Waals surface area (Å²) < 4.78 is 0. The van der Waals surface area contributed by atoms with Gasteiger partial charge in [0, 0.05) is 11.8 Å². The van der Waals surface area contributed by atoms with Crippen molar-refractivity contribution in [1.82, 2.24) is 4.98 Å². The molecule has 0 saturated carbocycles. The first kappa shape index (κ1) is 14.2. The third kappa shape index (κ3) is 2.86. The maximum Gasteiger partial charge on any atom is 0.257 e. The van der Waals surface area contributed by atoms with Crippen LogP contribution in [0, 0.1) is 13.8 Å². The van der Waals surface area contributed by atoms with Crippen LogP contribution in [0.2, 0.25) is 0 Å². The average Bonchev–Trinajstić information content (AvgIpc) is 2.42. The molecule has 1 aromatic heterocycles. The van der Waals surface area contributed by atoms with Crippen molar-refractivity contribution in [2.75, 3.05) is 5.32 Å². The van der Waals surface area contributed by atoms with Crippen molar-refractivity contribution in [3.8, 4) is 0 Å². The molecule has 4 nitrogen and oxygen atoms in total. The molecule has 0 unspecified atom stereocenters. The largest absolute Gasteiger partial charge is 0.306 e. The van der Waals surface area contributed by atoms with Gasteiger partial charge in [-0.1, -0.05) is 12.1 Å². The minimum Gasteiger partial charge on any atom is -0.306 e. The molecule has 1 N–H and O–H groups in total. The van der Waals surface area contributed by atoms with Crippen molar-refractivity contribution in [3.63, 3.8) is 0 Å². The Labute approximate surface area is 121 Å². The highest BCUT2D eigenvalue weighted by Crippen LogP contribution is 2.18. The Morgan fingerprint density at radius 1 is 1.10 bits per heavy atom. The molecule has 0 atom stereocenters. The number of nitrogens with one attached hydrogen (secondary N) is 1. The number of benzene rings is 1. The number of carbonyl (C=O) groups is 2. The van der Waals surface area contributed by atoms with Crippen molar-refractivity contribution in [1.29, 1.82) is 0 Å². The number of aryl methyl sites for hydroxylation is 1. The first-order chi connectivity index (χ1) is 9.50. The normalized spacial score (nSPS) is 10.2. The van der Waals surface area contributed by atoms with E-state index in [-0.39, 0.29) is 17.3 Å². The van der Waals surface area contributed by atoms with E-state index in [1.165, 1.54) is 12.3 Å². The molecular formula is C15H13ClN2O2. The quantitative estimate of drug-likeness (QED) is 0.881. The lowest BCUT2D eigenvalue weighted by atomic mass is 10.0. The number of aromatic nitrogens is 1. The molecule has 5 heteroatoms. The fourth-order valence-electron chi connectivity index (χ4n) is 1.84. The average molecular weight is 289 g/mol. The molecule has 0 saturated heterocycles. The second kappa shape index (κ2) is 5.84. The van der Waals surface area contributed by atoms with E-state index in [4.69, 9.17) is 11.6 Å². The Bertz CT molecular complexity index is 683. The van der Waals surface area contributed by atoms with Gasteiger partial charge in [-0.2, -0.15) is 0 Å². The van der Waals surface area contributed by atoms with Crippen LogP contribution in [0.25, 0.3) is 0 Å². The lowest BCUT2D eigenvalue weighted by molar-refractivity contribution is 0.102. The summed E-state index contributed by atoms with van der Waals surface area (Å²) in [6.07, 6.45) is 1.49. The van der Waals surface area contributed by atoms with Gasteiger partial charge in [-0.05, 0) is 54.8 Å². The van der Waals surface area contributed by atoms with Crippen molar-refractivity contribution in [3.05, 3.63) is 58.8 Å². The SMILES string of the molecule is Cc1cccc(C(=O)Nc2ncccc2C(=O)Cl)c1C. The number of rotatable bonds is 3. The minimum atomic E-state index is -0.658. The van der Waals surface area contributed by atoms with Crippen LogP contribution in [0.1, 0.15) is 31.8 Å². The van der Waals surface area contributed by atoms with E-state index in [2.05, 4.69) is 10.3 Å². The molecular weight excluding hydrogens is 276 g/mol. The highest BCUT2D eigenvalue weighted by molar-refractivity contribution is 6.68. The van der Waals surface area contributed by atoms with Crippen LogP contribution in [-0.2, 0) is 0 Å². The smallest absolute Gasteiger partial charge is 0.257 e. The number of amides is 1. The first-order valence-corrected chi connectivity index (χ1v) is 6.41. The Morgan fingerprint density at radius 2 is 1.80 bits per heavy atom. The predicted molar refractivity (Wildman–Crippen MR) is 78.3 cm³/mol. The highest BCUT2D eigenvalue weighted by atomic mass is 35.5. The van der Waals surface area contributed by atoms with E-state index < -0.39 is 5.24 Å². The summed E-state index contributed by atoms with van der Waals surface area (Å²) >= 11 is 5.46. The molecule has 1 aromatic carbocycles. The molecule has 1 amide bonds. The second-order valence-electron chi connectivity index (χ2n) is 4.37. The number of hydrogen-bond acceptors (Lipinski definition) is 3. The Balaban J connectivity index is 2.33. The van der Waals surface area contributed by atoms with Gasteiger partial charge in [-0.15, -0.1) is 0 Å². The number of nitrogens with zero attached hydrogens (tertiary/aromatic N) is 1. The number of hydrogen-bond donors (Lipinski definition) is 1. The van der Waals surface area contributed by atoms with Crippen LogP contribution in [0.15, 0.2) is 36.5 Å². The zero-order valence-corrected chi connectivity index (χ0v) is 11.9. The topological polar surface area (TPSA) is 59.1 Å². The van der Waals surface area contributed by atoms with Gasteiger partial charge in [-0.3, -0.25) is 9.59 Å². The van der Waals surface area contributed by atoms with Crippen molar-refractivity contribution >= 4 is 28.6 Å². The summed E-state index contributed by atoms with van der Waals surface area (Å²) in [7, 11) is 0. The summed E-state index contributed by atoms with van der Waals surface area (Å²) in [6, 6.07) is 8.57. The molecule has 0 fully saturated rings. The third-order valence-electron chi connectivity index (χ3n) is 3.10. The molecule has 2 rings (SSSR count). The highest BCUT2D eigenvalue weighted by Gasteiger charge is 2.15.